The number of furan rings is 1. The molecule has 6 atom stereocenters. The first-order valence-corrected chi connectivity index (χ1v) is 19.7. The van der Waals surface area contributed by atoms with Gasteiger partial charge in [-0.1, -0.05) is 13.8 Å². The van der Waals surface area contributed by atoms with E-state index in [1.807, 2.05) is 39.1 Å². The monoisotopic (exact) mass is 836 g/mol. The lowest BCUT2D eigenvalue weighted by Crippen LogP contribution is -2.64. The maximum atomic E-state index is 12.7. The molecule has 4 heterocycles. The number of benzene rings is 2. The quantitative estimate of drug-likeness (QED) is 0.0517. The molecule has 18 nitrogen and oxygen atoms in total. The van der Waals surface area contributed by atoms with E-state index < -0.39 is 43.2 Å². The van der Waals surface area contributed by atoms with Crippen molar-refractivity contribution in [2.75, 3.05) is 44.5 Å². The summed E-state index contributed by atoms with van der Waals surface area (Å²) >= 11 is 0. The van der Waals surface area contributed by atoms with Gasteiger partial charge in [-0.3, -0.25) is 19.4 Å². The van der Waals surface area contributed by atoms with E-state index in [-0.39, 0.29) is 17.7 Å². The molecule has 326 valence electrons. The average molecular weight is 837 g/mol. The van der Waals surface area contributed by atoms with Gasteiger partial charge in [0.05, 0.1) is 37.7 Å². The third kappa shape index (κ3) is 11.7. The fourth-order valence-corrected chi connectivity index (χ4v) is 6.51. The van der Waals surface area contributed by atoms with Gasteiger partial charge in [0.25, 0.3) is 11.8 Å². The Morgan fingerprint density at radius 3 is 2.45 bits per heavy atom. The molecule has 3 amide bonds. The van der Waals surface area contributed by atoms with E-state index in [2.05, 4.69) is 20.9 Å². The summed E-state index contributed by atoms with van der Waals surface area (Å²) in [4.78, 5) is 53.0. The number of aliphatic hydroxyl groups excluding tert-OH is 4. The summed E-state index contributed by atoms with van der Waals surface area (Å²) in [6.07, 6.45) is 2.54. The zero-order valence-corrected chi connectivity index (χ0v) is 34.7. The lowest BCUT2D eigenvalue weighted by molar-refractivity contribution is -0.252. The molecule has 0 radical (unpaired) electrons. The number of nitrogens with one attached hydrogen (secondary N) is 3. The van der Waals surface area contributed by atoms with Gasteiger partial charge in [0.2, 0.25) is 6.41 Å². The second-order valence-corrected chi connectivity index (χ2v) is 13.8. The molecular weight excluding hydrogens is 780 g/mol. The van der Waals surface area contributed by atoms with Crippen molar-refractivity contribution >= 4 is 58.8 Å². The van der Waals surface area contributed by atoms with Crippen LogP contribution in [0.3, 0.4) is 0 Å². The molecule has 2 aromatic carbocycles. The van der Waals surface area contributed by atoms with Crippen molar-refractivity contribution in [1.82, 2.24) is 14.8 Å². The number of hydrogen-bond acceptors (Lipinski definition) is 14. The van der Waals surface area contributed by atoms with Crippen LogP contribution in [0.25, 0.3) is 11.0 Å². The molecule has 2 fully saturated rings. The van der Waals surface area contributed by atoms with Gasteiger partial charge >= 0.3 is 0 Å². The molecule has 2 aliphatic rings. The van der Waals surface area contributed by atoms with E-state index in [0.717, 1.165) is 49.0 Å². The van der Waals surface area contributed by atoms with Crippen molar-refractivity contribution in [2.24, 2.45) is 12.0 Å². The van der Waals surface area contributed by atoms with Crippen molar-refractivity contribution in [3.8, 4) is 11.5 Å². The van der Waals surface area contributed by atoms with E-state index in [4.69, 9.17) is 23.7 Å². The lowest BCUT2D eigenvalue weighted by atomic mass is 9.97. The second kappa shape index (κ2) is 22.5. The average Bonchev–Trinajstić information content (AvgIpc) is 4.01. The number of aliphatic hydroxyl groups is 4. The smallest absolute Gasteiger partial charge is 0.287 e. The maximum absolute atomic E-state index is 12.7. The first-order chi connectivity index (χ1) is 28.9. The number of carbonyl (C=O) groups excluding carboxylic acids is 4. The van der Waals surface area contributed by atoms with Gasteiger partial charge in [-0.25, -0.2) is 0 Å². The summed E-state index contributed by atoms with van der Waals surface area (Å²) < 4.78 is 23.3. The largest absolute Gasteiger partial charge is 0.493 e. The van der Waals surface area contributed by atoms with Gasteiger partial charge in [-0.05, 0) is 68.1 Å². The summed E-state index contributed by atoms with van der Waals surface area (Å²) in [5.41, 5.74) is 3.88. The van der Waals surface area contributed by atoms with E-state index in [0.29, 0.717) is 53.3 Å². The van der Waals surface area contributed by atoms with Gasteiger partial charge in [0.15, 0.2) is 23.5 Å². The zero-order chi connectivity index (χ0) is 43.9. The fraction of sp³-hybridized carbons (Fsp3) is 0.452. The number of hydrogen-bond donors (Lipinski definition) is 7. The zero-order valence-electron chi connectivity index (χ0n) is 34.7. The third-order valence-electron chi connectivity index (χ3n) is 9.79. The predicted octanol–water partition coefficient (Wildman–Crippen LogP) is 3.31. The summed E-state index contributed by atoms with van der Waals surface area (Å²) in [5, 5.41) is 48.1. The molecule has 2 aromatic heterocycles. The highest BCUT2D eigenvalue weighted by atomic mass is 16.6. The summed E-state index contributed by atoms with van der Waals surface area (Å²) in [6.45, 7) is 6.58. The van der Waals surface area contributed by atoms with Crippen LogP contribution >= 0.6 is 0 Å². The van der Waals surface area contributed by atoms with Crippen LogP contribution in [0, 0.1) is 6.92 Å². The van der Waals surface area contributed by atoms with Crippen LogP contribution in [-0.4, -0.2) is 131 Å². The van der Waals surface area contributed by atoms with Gasteiger partial charge in [-0.2, -0.15) is 0 Å². The molecule has 4 aromatic rings. The number of likely N-dealkylation sites (tertiary alicyclic amines) is 1. The van der Waals surface area contributed by atoms with Crippen molar-refractivity contribution in [1.29, 1.82) is 0 Å². The molecule has 0 bridgehead atoms. The molecule has 7 N–H and O–H groups in total. The number of aryl methyl sites for hydroxylation is 2. The Balaban J connectivity index is 0.000000269. The molecule has 6 rings (SSSR count). The SMILES string of the molecule is CC.CNc1cc(C(=O)Nc2ccc3oc(C(=O)NC4C(O)OC(CO)C(O)C4O)cc3c2)n(C)c1.COc1cc(C)c(N=CC2CCCN2C=O)cc1OCCCC=O. The minimum atomic E-state index is -1.65. The summed E-state index contributed by atoms with van der Waals surface area (Å²) in [5.74, 6) is 0.0712. The van der Waals surface area contributed by atoms with Crippen LogP contribution in [0.5, 0.6) is 11.5 Å². The van der Waals surface area contributed by atoms with Crippen LogP contribution in [0.2, 0.25) is 0 Å². The van der Waals surface area contributed by atoms with Crippen molar-refractivity contribution in [3.63, 3.8) is 0 Å². The Bertz CT molecular complexity index is 2080. The predicted molar refractivity (Wildman–Crippen MR) is 224 cm³/mol. The number of fused-ring (bicyclic) bond motifs is 1. The second-order valence-electron chi connectivity index (χ2n) is 13.8. The Kier molecular flexibility index (Phi) is 17.6. The third-order valence-corrected chi connectivity index (χ3v) is 9.79. The minimum absolute atomic E-state index is 0.0564. The van der Waals surface area contributed by atoms with Crippen LogP contribution in [0.4, 0.5) is 17.1 Å². The first kappa shape index (κ1) is 46.9. The molecule has 60 heavy (non-hydrogen) atoms. The van der Waals surface area contributed by atoms with E-state index in [1.165, 1.54) is 6.07 Å². The van der Waals surface area contributed by atoms with Crippen molar-refractivity contribution in [2.45, 2.75) is 83.1 Å². The molecule has 0 spiro atoms. The molecule has 18 heteroatoms. The summed E-state index contributed by atoms with van der Waals surface area (Å²) in [6, 6.07) is 10.4. The van der Waals surface area contributed by atoms with E-state index in [9.17, 15) is 34.5 Å². The van der Waals surface area contributed by atoms with Crippen LogP contribution in [0.15, 0.2) is 58.1 Å². The fourth-order valence-electron chi connectivity index (χ4n) is 6.51. The number of anilines is 2. The van der Waals surface area contributed by atoms with Gasteiger partial charge < -0.3 is 69.3 Å². The topological polar surface area (TPSA) is 247 Å². The highest BCUT2D eigenvalue weighted by molar-refractivity contribution is 6.05. The Morgan fingerprint density at radius 1 is 1.02 bits per heavy atom. The highest BCUT2D eigenvalue weighted by Crippen LogP contribution is 2.35. The van der Waals surface area contributed by atoms with Crippen LogP contribution < -0.4 is 25.4 Å². The number of nitrogens with zero attached hydrogens (tertiary/aromatic N) is 3. The van der Waals surface area contributed by atoms with Crippen molar-refractivity contribution in [3.05, 3.63) is 65.7 Å². The molecule has 0 saturated carbocycles. The Labute approximate surface area is 348 Å². The highest BCUT2D eigenvalue weighted by Gasteiger charge is 2.44. The number of rotatable bonds is 15. The molecule has 2 saturated heterocycles. The summed E-state index contributed by atoms with van der Waals surface area (Å²) in [7, 11) is 5.11. The number of ether oxygens (including phenoxy) is 3. The van der Waals surface area contributed by atoms with E-state index in [1.54, 1.807) is 61.1 Å². The van der Waals surface area contributed by atoms with E-state index >= 15 is 0 Å². The van der Waals surface area contributed by atoms with Gasteiger partial charge in [0, 0.05) is 56.6 Å². The standard InChI is InChI=1S/C22H26N4O8.C18H24N2O4.C2H6/c1-23-12-7-13(26(2)8-12)20(30)24-11-3-4-14-10(5-11)6-15(33-14)21(31)25-17-19(29)18(28)16(9-27)34-22(17)32;1-14-10-17(23-2)18(24-9-4-3-8-21)11-16(14)19-12-15-6-5-7-20(15)13-22;1-2/h3-8,16-19,22-23,27-29,32H,9H2,1-2H3,(H,24,30)(H,25,31);8,10-13,15H,3-7,9H2,1-2H3;1-2H3. The Morgan fingerprint density at radius 2 is 1.78 bits per heavy atom. The maximum Gasteiger partial charge on any atom is 0.287 e. The molecule has 2 aliphatic heterocycles. The number of carbonyl (C=O) groups is 4. The van der Waals surface area contributed by atoms with Gasteiger partial charge in [0.1, 0.15) is 41.9 Å². The number of unbranched alkanes of at least 4 members (excludes halogenated alkanes) is 1. The van der Waals surface area contributed by atoms with Crippen LogP contribution in [0.1, 0.15) is 66.1 Å². The Hall–Kier alpha value is -5.79. The minimum Gasteiger partial charge on any atom is -0.493 e. The lowest BCUT2D eigenvalue weighted by Gasteiger charge is -2.40. The molecule has 6 unspecified atom stereocenters. The van der Waals surface area contributed by atoms with Gasteiger partial charge in [-0.15, -0.1) is 0 Å². The molecule has 0 aliphatic carbocycles. The molecular formula is C42H56N6O12. The number of amides is 3. The number of aldehydes is 1. The van der Waals surface area contributed by atoms with Crippen molar-refractivity contribution < 1.29 is 58.2 Å². The number of aromatic nitrogens is 1. The normalized spacial score (nSPS) is 21.0. The van der Waals surface area contributed by atoms with Crippen LogP contribution in [-0.2, 0) is 21.4 Å². The number of methoxy groups -OCH3 is 1. The first-order valence-electron chi connectivity index (χ1n) is 19.7. The number of aliphatic imine (C=N–C) groups is 1.